The van der Waals surface area contributed by atoms with Crippen molar-refractivity contribution < 1.29 is 23.5 Å². The second-order valence-electron chi connectivity index (χ2n) is 10.7. The zero-order valence-corrected chi connectivity index (χ0v) is 24.0. The molecule has 4 aromatic carbocycles. The molecule has 7 rings (SSSR count). The maximum atomic E-state index is 14.7. The van der Waals surface area contributed by atoms with Crippen LogP contribution in [0.1, 0.15) is 43.4 Å². The Morgan fingerprint density at radius 3 is 2.40 bits per heavy atom. The van der Waals surface area contributed by atoms with E-state index in [1.165, 1.54) is 31.4 Å². The molecule has 6 nitrogen and oxygen atoms in total. The van der Waals surface area contributed by atoms with Gasteiger partial charge in [0, 0.05) is 23.0 Å². The summed E-state index contributed by atoms with van der Waals surface area (Å²) >= 11 is 3.48. The summed E-state index contributed by atoms with van der Waals surface area (Å²) in [5, 5.41) is 3.03. The highest BCUT2D eigenvalue weighted by Crippen LogP contribution is 2.62. The number of carbonyl (C=O) groups is 3. The number of para-hydroxylation sites is 1. The van der Waals surface area contributed by atoms with Crippen LogP contribution >= 0.6 is 15.9 Å². The summed E-state index contributed by atoms with van der Waals surface area (Å²) in [5.74, 6) is -2.14. The van der Waals surface area contributed by atoms with Crippen molar-refractivity contribution in [1.82, 2.24) is 4.90 Å². The molecule has 1 N–H and O–H groups in total. The lowest BCUT2D eigenvalue weighted by atomic mass is 9.62. The van der Waals surface area contributed by atoms with Gasteiger partial charge in [-0.2, -0.15) is 0 Å². The Balaban J connectivity index is 1.52. The SMILES string of the molecule is COc1ccc(C(=O)[C@H]2[C@H](C(=O)c3ccc(F)cc3)[C@]3(C(=O)Nc4ccccc43)[C@H]3c4ccccc4C=CN23)cc1Br. The van der Waals surface area contributed by atoms with Crippen LogP contribution in [-0.2, 0) is 10.2 Å². The van der Waals surface area contributed by atoms with Gasteiger partial charge in [-0.15, -0.1) is 0 Å². The standard InChI is InChI=1S/C34H24BrFN2O4/c1-42-27-15-12-21(18-25(27)35)31(40)29-28(30(39)20-10-13-22(36)14-11-20)34(24-8-4-5-9-26(24)37-33(34)41)32-23-7-3-2-6-19(23)16-17-38(29)32/h2-18,28-29,32H,1H3,(H,37,41)/t28-,29-,32-,34+/m1/s1. The molecule has 8 heteroatoms. The monoisotopic (exact) mass is 622 g/mol. The van der Waals surface area contributed by atoms with E-state index in [4.69, 9.17) is 4.74 Å². The van der Waals surface area contributed by atoms with Gasteiger partial charge in [-0.05, 0) is 87.2 Å². The van der Waals surface area contributed by atoms with Gasteiger partial charge in [0.2, 0.25) is 5.91 Å². The smallest absolute Gasteiger partial charge is 0.238 e. The molecule has 0 saturated carbocycles. The lowest BCUT2D eigenvalue weighted by Crippen LogP contribution is -2.49. The zero-order valence-electron chi connectivity index (χ0n) is 22.4. The second kappa shape index (κ2) is 9.77. The number of benzene rings is 4. The fraction of sp³-hybridized carbons (Fsp3) is 0.147. The van der Waals surface area contributed by atoms with E-state index >= 15 is 0 Å². The first-order chi connectivity index (χ1) is 20.4. The number of nitrogens with zero attached hydrogens (tertiary/aromatic N) is 1. The number of methoxy groups -OCH3 is 1. The molecule has 0 unspecified atom stereocenters. The van der Waals surface area contributed by atoms with Crippen LogP contribution in [0.5, 0.6) is 5.75 Å². The molecule has 1 saturated heterocycles. The minimum Gasteiger partial charge on any atom is -0.496 e. The number of Topliss-reactive ketones (excluding diaryl/α,β-unsaturated/α-hetero) is 2. The lowest BCUT2D eigenvalue weighted by molar-refractivity contribution is -0.122. The predicted octanol–water partition coefficient (Wildman–Crippen LogP) is 6.58. The quantitative estimate of drug-likeness (QED) is 0.255. The second-order valence-corrected chi connectivity index (χ2v) is 11.5. The van der Waals surface area contributed by atoms with Crippen LogP contribution < -0.4 is 10.1 Å². The number of nitrogens with one attached hydrogen (secondary N) is 1. The molecule has 4 atom stereocenters. The highest BCUT2D eigenvalue weighted by atomic mass is 79.9. The molecule has 208 valence electrons. The molecule has 3 aliphatic rings. The Labute approximate surface area is 249 Å². The molecular weight excluding hydrogens is 599 g/mol. The summed E-state index contributed by atoms with van der Waals surface area (Å²) in [4.78, 5) is 45.7. The van der Waals surface area contributed by atoms with Crippen molar-refractivity contribution in [2.45, 2.75) is 17.5 Å². The number of rotatable bonds is 5. The van der Waals surface area contributed by atoms with Gasteiger partial charge in [-0.25, -0.2) is 4.39 Å². The average molecular weight is 623 g/mol. The number of hydrogen-bond acceptors (Lipinski definition) is 5. The third-order valence-electron chi connectivity index (χ3n) is 8.69. The Bertz CT molecular complexity index is 1820. The first kappa shape index (κ1) is 26.3. The van der Waals surface area contributed by atoms with Gasteiger partial charge in [-0.1, -0.05) is 42.5 Å². The van der Waals surface area contributed by atoms with E-state index in [1.807, 2.05) is 65.7 Å². The summed E-state index contributed by atoms with van der Waals surface area (Å²) < 4.78 is 19.9. The topological polar surface area (TPSA) is 75.7 Å². The fourth-order valence-corrected chi connectivity index (χ4v) is 7.49. The number of fused-ring (bicyclic) bond motifs is 6. The summed E-state index contributed by atoms with van der Waals surface area (Å²) in [6.45, 7) is 0. The lowest BCUT2D eigenvalue weighted by Gasteiger charge is -2.38. The molecule has 0 bridgehead atoms. The number of anilines is 1. The Morgan fingerprint density at radius 1 is 0.929 bits per heavy atom. The highest BCUT2D eigenvalue weighted by molar-refractivity contribution is 9.10. The summed E-state index contributed by atoms with van der Waals surface area (Å²) in [5.41, 5.74) is 2.14. The first-order valence-electron chi connectivity index (χ1n) is 13.5. The Morgan fingerprint density at radius 2 is 1.64 bits per heavy atom. The minimum atomic E-state index is -1.45. The van der Waals surface area contributed by atoms with E-state index < -0.39 is 35.0 Å². The van der Waals surface area contributed by atoms with Gasteiger partial charge in [0.05, 0.1) is 23.5 Å². The van der Waals surface area contributed by atoms with Crippen LogP contribution in [0.25, 0.3) is 6.08 Å². The number of ketones is 2. The molecule has 1 fully saturated rings. The Kier molecular flexibility index (Phi) is 6.13. The van der Waals surface area contributed by atoms with Crippen molar-refractivity contribution in [2.24, 2.45) is 5.92 Å². The Hall–Kier alpha value is -4.56. The first-order valence-corrected chi connectivity index (χ1v) is 14.3. The summed E-state index contributed by atoms with van der Waals surface area (Å²) in [7, 11) is 1.54. The summed E-state index contributed by atoms with van der Waals surface area (Å²) in [6.07, 6.45) is 3.73. The van der Waals surface area contributed by atoms with Crippen LogP contribution in [-0.4, -0.2) is 35.5 Å². The van der Waals surface area contributed by atoms with Crippen LogP contribution in [0.4, 0.5) is 10.1 Å². The molecule has 0 radical (unpaired) electrons. The fourth-order valence-electron chi connectivity index (χ4n) is 6.95. The van der Waals surface area contributed by atoms with Crippen molar-refractivity contribution >= 4 is 45.2 Å². The van der Waals surface area contributed by atoms with Gasteiger partial charge >= 0.3 is 0 Å². The molecule has 0 aromatic heterocycles. The van der Waals surface area contributed by atoms with Gasteiger partial charge in [-0.3, -0.25) is 14.4 Å². The van der Waals surface area contributed by atoms with Gasteiger partial charge < -0.3 is 15.0 Å². The molecular formula is C34H24BrFN2O4. The van der Waals surface area contributed by atoms with E-state index in [1.54, 1.807) is 18.2 Å². The largest absolute Gasteiger partial charge is 0.496 e. The van der Waals surface area contributed by atoms with E-state index in [-0.39, 0.29) is 17.3 Å². The molecule has 0 aliphatic carbocycles. The molecule has 1 spiro atoms. The molecule has 3 aliphatic heterocycles. The maximum absolute atomic E-state index is 14.7. The van der Waals surface area contributed by atoms with Crippen LogP contribution in [0.15, 0.2) is 102 Å². The molecule has 4 aromatic rings. The van der Waals surface area contributed by atoms with E-state index in [0.717, 1.165) is 11.1 Å². The number of halogens is 2. The predicted molar refractivity (Wildman–Crippen MR) is 160 cm³/mol. The van der Waals surface area contributed by atoms with Crippen molar-refractivity contribution in [1.29, 1.82) is 0 Å². The number of amides is 1. The number of ether oxygens (including phenoxy) is 1. The van der Waals surface area contributed by atoms with Gasteiger partial charge in [0.1, 0.15) is 23.0 Å². The molecule has 1 amide bonds. The summed E-state index contributed by atoms with van der Waals surface area (Å²) in [6, 6.07) is 23.6. The van der Waals surface area contributed by atoms with Crippen molar-refractivity contribution in [3.63, 3.8) is 0 Å². The normalized spacial score (nSPS) is 23.3. The van der Waals surface area contributed by atoms with Gasteiger partial charge in [0.15, 0.2) is 11.6 Å². The van der Waals surface area contributed by atoms with Crippen molar-refractivity contribution in [3.05, 3.63) is 135 Å². The van der Waals surface area contributed by atoms with Crippen LogP contribution in [0, 0.1) is 11.7 Å². The van der Waals surface area contributed by atoms with E-state index in [0.29, 0.717) is 27.0 Å². The van der Waals surface area contributed by atoms with Crippen molar-refractivity contribution in [3.8, 4) is 5.75 Å². The third-order valence-corrected chi connectivity index (χ3v) is 9.31. The average Bonchev–Trinajstić information content (AvgIpc) is 3.49. The number of carbonyl (C=O) groups excluding carboxylic acids is 3. The number of hydrogen-bond donors (Lipinski definition) is 1. The maximum Gasteiger partial charge on any atom is 0.238 e. The highest BCUT2D eigenvalue weighted by Gasteiger charge is 2.70. The van der Waals surface area contributed by atoms with E-state index in [9.17, 15) is 18.8 Å². The van der Waals surface area contributed by atoms with Crippen LogP contribution in [0.2, 0.25) is 0 Å². The molecule has 42 heavy (non-hydrogen) atoms. The third kappa shape index (κ3) is 3.64. The van der Waals surface area contributed by atoms with Gasteiger partial charge in [0.25, 0.3) is 0 Å². The molecule has 3 heterocycles. The van der Waals surface area contributed by atoms with Crippen molar-refractivity contribution in [2.75, 3.05) is 12.4 Å². The minimum absolute atomic E-state index is 0.226. The zero-order chi connectivity index (χ0) is 29.2. The van der Waals surface area contributed by atoms with Crippen LogP contribution in [0.3, 0.4) is 0 Å². The van der Waals surface area contributed by atoms with E-state index in [2.05, 4.69) is 21.2 Å².